The van der Waals surface area contributed by atoms with Gasteiger partial charge in [0.1, 0.15) is 18.7 Å². The molecule has 0 bridgehead atoms. The fourth-order valence-electron chi connectivity index (χ4n) is 2.14. The molecule has 0 radical (unpaired) electrons. The Morgan fingerprint density at radius 3 is 2.76 bits per heavy atom. The lowest BCUT2D eigenvalue weighted by Gasteiger charge is -2.11. The average molecular weight is 347 g/mol. The Morgan fingerprint density at radius 2 is 2.12 bits per heavy atom. The van der Waals surface area contributed by atoms with Crippen LogP contribution in [0, 0.1) is 6.92 Å². The number of furan rings is 1. The Labute approximate surface area is 146 Å². The fraction of sp³-hybridized carbons (Fsp3) is 0.500. The number of guanidine groups is 1. The Morgan fingerprint density at radius 1 is 1.32 bits per heavy atom. The van der Waals surface area contributed by atoms with E-state index in [9.17, 15) is 4.79 Å². The Kier molecular flexibility index (Phi) is 7.00. The van der Waals surface area contributed by atoms with E-state index in [1.807, 2.05) is 20.9 Å². The summed E-state index contributed by atoms with van der Waals surface area (Å²) in [7, 11) is 1.83. The molecule has 2 aromatic rings. The lowest BCUT2D eigenvalue weighted by Crippen LogP contribution is -2.38. The van der Waals surface area contributed by atoms with Crippen molar-refractivity contribution in [2.45, 2.75) is 26.8 Å². The number of aryl methyl sites for hydroxylation is 2. The summed E-state index contributed by atoms with van der Waals surface area (Å²) in [6.45, 7) is 6.29. The van der Waals surface area contributed by atoms with Gasteiger partial charge in [-0.2, -0.15) is 5.10 Å². The maximum absolute atomic E-state index is 11.9. The number of nitrogens with one attached hydrogen (secondary N) is 3. The van der Waals surface area contributed by atoms with Crippen molar-refractivity contribution < 1.29 is 9.21 Å². The highest BCUT2D eigenvalue weighted by Gasteiger charge is 2.11. The monoisotopic (exact) mass is 347 g/mol. The zero-order valence-electron chi connectivity index (χ0n) is 14.9. The van der Waals surface area contributed by atoms with Crippen molar-refractivity contribution in [3.8, 4) is 0 Å². The van der Waals surface area contributed by atoms with Crippen LogP contribution in [0.4, 0.5) is 0 Å². The summed E-state index contributed by atoms with van der Waals surface area (Å²) in [5, 5.41) is 13.3. The predicted octanol–water partition coefficient (Wildman–Crippen LogP) is 0.592. The number of aliphatic imine (C=N–C) groups is 1. The summed E-state index contributed by atoms with van der Waals surface area (Å²) in [5.74, 6) is 1.67. The van der Waals surface area contributed by atoms with Crippen LogP contribution in [-0.4, -0.2) is 46.3 Å². The van der Waals surface area contributed by atoms with Crippen LogP contribution in [0.2, 0.25) is 0 Å². The van der Waals surface area contributed by atoms with E-state index in [-0.39, 0.29) is 5.91 Å². The highest BCUT2D eigenvalue weighted by Crippen LogP contribution is 2.07. The van der Waals surface area contributed by atoms with Gasteiger partial charge in [0.05, 0.1) is 6.26 Å². The fourth-order valence-corrected chi connectivity index (χ4v) is 2.14. The minimum absolute atomic E-state index is 0.189. The van der Waals surface area contributed by atoms with Crippen molar-refractivity contribution in [2.24, 2.45) is 12.0 Å². The number of hydrogen-bond donors (Lipinski definition) is 3. The van der Waals surface area contributed by atoms with Crippen molar-refractivity contribution in [3.05, 3.63) is 35.8 Å². The van der Waals surface area contributed by atoms with Crippen LogP contribution >= 0.6 is 0 Å². The van der Waals surface area contributed by atoms with Gasteiger partial charge in [0.15, 0.2) is 11.7 Å². The van der Waals surface area contributed by atoms with E-state index < -0.39 is 0 Å². The predicted molar refractivity (Wildman–Crippen MR) is 94.2 cm³/mol. The van der Waals surface area contributed by atoms with E-state index in [0.717, 1.165) is 24.4 Å². The van der Waals surface area contributed by atoms with Gasteiger partial charge in [-0.1, -0.05) is 0 Å². The Balaban J connectivity index is 1.71. The van der Waals surface area contributed by atoms with Crippen molar-refractivity contribution in [1.29, 1.82) is 0 Å². The third-order valence-corrected chi connectivity index (χ3v) is 3.53. The van der Waals surface area contributed by atoms with E-state index in [1.165, 1.54) is 12.6 Å². The minimum Gasteiger partial charge on any atom is -0.459 e. The number of amides is 1. The van der Waals surface area contributed by atoms with Crippen molar-refractivity contribution >= 4 is 11.9 Å². The normalized spacial score (nSPS) is 11.4. The maximum atomic E-state index is 11.9. The summed E-state index contributed by atoms with van der Waals surface area (Å²) < 4.78 is 6.85. The molecule has 9 heteroatoms. The number of carbonyl (C=O) groups excluding carboxylic acids is 1. The molecule has 0 aliphatic heterocycles. The molecule has 1 amide bonds. The third-order valence-electron chi connectivity index (χ3n) is 3.53. The molecule has 0 atom stereocenters. The quantitative estimate of drug-likeness (QED) is 0.366. The highest BCUT2D eigenvalue weighted by atomic mass is 16.3. The molecule has 0 fully saturated rings. The summed E-state index contributed by atoms with van der Waals surface area (Å²) in [6, 6.07) is 1.77. The second kappa shape index (κ2) is 9.45. The van der Waals surface area contributed by atoms with Gasteiger partial charge in [0, 0.05) is 32.2 Å². The Hall–Kier alpha value is -2.84. The molecule has 136 valence electrons. The molecule has 9 nitrogen and oxygen atoms in total. The minimum atomic E-state index is -0.189. The first-order valence-corrected chi connectivity index (χ1v) is 8.29. The first-order chi connectivity index (χ1) is 12.1. The summed E-state index contributed by atoms with van der Waals surface area (Å²) in [6.07, 6.45) is 3.79. The van der Waals surface area contributed by atoms with Crippen LogP contribution in [0.1, 0.15) is 35.3 Å². The second-order valence-corrected chi connectivity index (χ2v) is 5.46. The van der Waals surface area contributed by atoms with Gasteiger partial charge < -0.3 is 20.4 Å². The molecule has 0 unspecified atom stereocenters. The zero-order chi connectivity index (χ0) is 18.1. The molecule has 25 heavy (non-hydrogen) atoms. The van der Waals surface area contributed by atoms with Gasteiger partial charge in [0.25, 0.3) is 5.91 Å². The number of aromatic nitrogens is 3. The van der Waals surface area contributed by atoms with Crippen LogP contribution in [0.5, 0.6) is 0 Å². The molecule has 3 N–H and O–H groups in total. The molecule has 0 saturated carbocycles. The summed E-state index contributed by atoms with van der Waals surface area (Å²) >= 11 is 0. The average Bonchev–Trinajstić information content (AvgIpc) is 3.20. The molecule has 0 spiro atoms. The zero-order valence-corrected chi connectivity index (χ0v) is 14.9. The van der Waals surface area contributed by atoms with Crippen LogP contribution in [0.3, 0.4) is 0 Å². The highest BCUT2D eigenvalue weighted by molar-refractivity contribution is 5.92. The molecule has 0 saturated heterocycles. The third kappa shape index (κ3) is 5.63. The number of carbonyl (C=O) groups is 1. The van der Waals surface area contributed by atoms with E-state index >= 15 is 0 Å². The first-order valence-electron chi connectivity index (χ1n) is 8.29. The van der Waals surface area contributed by atoms with Crippen LogP contribution in [0.15, 0.2) is 28.1 Å². The van der Waals surface area contributed by atoms with Crippen LogP contribution in [-0.2, 0) is 13.6 Å². The summed E-state index contributed by atoms with van der Waals surface area (Å²) in [5.41, 5.74) is 0.834. The lowest BCUT2D eigenvalue weighted by molar-refractivity contribution is 0.0925. The topological polar surface area (TPSA) is 109 Å². The van der Waals surface area contributed by atoms with Crippen molar-refractivity contribution in [1.82, 2.24) is 30.7 Å². The van der Waals surface area contributed by atoms with E-state index in [1.54, 1.807) is 10.7 Å². The molecule has 0 aromatic carbocycles. The van der Waals surface area contributed by atoms with Gasteiger partial charge in [-0.15, -0.1) is 0 Å². The van der Waals surface area contributed by atoms with Gasteiger partial charge in [0.2, 0.25) is 0 Å². The maximum Gasteiger partial charge on any atom is 0.287 e. The van der Waals surface area contributed by atoms with E-state index in [0.29, 0.717) is 31.4 Å². The smallest absolute Gasteiger partial charge is 0.287 e. The SMILES string of the molecule is CCNC(=NCc1ncnn1C)NCCCNC(=O)c1occc1C. The van der Waals surface area contributed by atoms with Gasteiger partial charge in [-0.25, -0.2) is 9.98 Å². The van der Waals surface area contributed by atoms with E-state index in [4.69, 9.17) is 4.42 Å². The van der Waals surface area contributed by atoms with Crippen LogP contribution < -0.4 is 16.0 Å². The molecule has 2 heterocycles. The first kappa shape index (κ1) is 18.5. The molecule has 0 aliphatic rings. The van der Waals surface area contributed by atoms with Crippen LogP contribution in [0.25, 0.3) is 0 Å². The largest absolute Gasteiger partial charge is 0.459 e. The molecule has 0 aliphatic carbocycles. The second-order valence-electron chi connectivity index (χ2n) is 5.46. The van der Waals surface area contributed by atoms with E-state index in [2.05, 4.69) is 31.0 Å². The Bertz CT molecular complexity index is 705. The summed E-state index contributed by atoms with van der Waals surface area (Å²) in [4.78, 5) is 20.5. The van der Waals surface area contributed by atoms with Gasteiger partial charge in [-0.05, 0) is 26.3 Å². The molecule has 2 rings (SSSR count). The molecule has 2 aromatic heterocycles. The van der Waals surface area contributed by atoms with Crippen molar-refractivity contribution in [2.75, 3.05) is 19.6 Å². The van der Waals surface area contributed by atoms with Gasteiger partial charge >= 0.3 is 0 Å². The standard InChI is InChI=1S/C16H25N7O2/c1-4-17-16(20-10-13-21-11-22-23(13)3)19-8-5-7-18-15(24)14-12(2)6-9-25-14/h6,9,11H,4-5,7-8,10H2,1-3H3,(H,18,24)(H2,17,19,20). The lowest BCUT2D eigenvalue weighted by atomic mass is 10.2. The molecular formula is C16H25N7O2. The van der Waals surface area contributed by atoms with Gasteiger partial charge in [-0.3, -0.25) is 9.48 Å². The number of nitrogens with zero attached hydrogens (tertiary/aromatic N) is 4. The number of rotatable bonds is 8. The van der Waals surface area contributed by atoms with Crippen molar-refractivity contribution in [3.63, 3.8) is 0 Å². The number of hydrogen-bond acceptors (Lipinski definition) is 5. The molecular weight excluding hydrogens is 322 g/mol.